The predicted molar refractivity (Wildman–Crippen MR) is 66.7 cm³/mol. The summed E-state index contributed by atoms with van der Waals surface area (Å²) in [4.78, 5) is 12.0. The Hall–Kier alpha value is -0.610. The van der Waals surface area contributed by atoms with E-state index in [-0.39, 0.29) is 28.9 Å². The van der Waals surface area contributed by atoms with Crippen molar-refractivity contribution in [3.8, 4) is 0 Å². The zero-order valence-corrected chi connectivity index (χ0v) is 11.3. The summed E-state index contributed by atoms with van der Waals surface area (Å²) in [5, 5.41) is 6.40. The fourth-order valence-corrected chi connectivity index (χ4v) is 2.89. The zero-order valence-electron chi connectivity index (χ0n) is 11.3. The monoisotopic (exact) mass is 240 g/mol. The molecule has 0 unspecified atom stereocenters. The van der Waals surface area contributed by atoms with Crippen molar-refractivity contribution in [2.45, 2.75) is 45.3 Å². The largest absolute Gasteiger partial charge is 0.378 e. The molecule has 2 N–H and O–H groups in total. The van der Waals surface area contributed by atoms with E-state index in [1.807, 2.05) is 0 Å². The van der Waals surface area contributed by atoms with Gasteiger partial charge in [0.05, 0.1) is 11.5 Å². The van der Waals surface area contributed by atoms with Crippen LogP contribution < -0.4 is 10.6 Å². The first-order valence-corrected chi connectivity index (χ1v) is 6.47. The second-order valence-electron chi connectivity index (χ2n) is 6.11. The molecule has 4 heteroatoms. The first-order chi connectivity index (χ1) is 7.90. The Morgan fingerprint density at radius 1 is 1.41 bits per heavy atom. The van der Waals surface area contributed by atoms with Crippen LogP contribution in [0.5, 0.6) is 0 Å². The predicted octanol–water partition coefficient (Wildman–Crippen LogP) is 0.916. The highest BCUT2D eigenvalue weighted by atomic mass is 16.5. The maximum absolute atomic E-state index is 12.0. The van der Waals surface area contributed by atoms with Gasteiger partial charge in [-0.3, -0.25) is 4.79 Å². The van der Waals surface area contributed by atoms with Gasteiger partial charge in [-0.25, -0.2) is 0 Å². The molecule has 98 valence electrons. The maximum atomic E-state index is 12.0. The number of rotatable bonds is 3. The minimum Gasteiger partial charge on any atom is -0.378 e. The van der Waals surface area contributed by atoms with E-state index in [2.05, 4.69) is 31.4 Å². The molecular formula is C13H24N2O2. The lowest BCUT2D eigenvalue weighted by Gasteiger charge is -2.59. The van der Waals surface area contributed by atoms with Crippen LogP contribution in [0.15, 0.2) is 0 Å². The maximum Gasteiger partial charge on any atom is 0.224 e. The van der Waals surface area contributed by atoms with Crippen molar-refractivity contribution < 1.29 is 9.53 Å². The molecule has 2 aliphatic rings. The van der Waals surface area contributed by atoms with Crippen LogP contribution in [0, 0.1) is 11.3 Å². The molecule has 0 aromatic carbocycles. The molecular weight excluding hydrogens is 216 g/mol. The molecule has 1 aliphatic heterocycles. The third kappa shape index (κ3) is 1.97. The number of nitrogens with one attached hydrogen (secondary N) is 2. The molecule has 1 amide bonds. The van der Waals surface area contributed by atoms with Crippen LogP contribution in [0.1, 0.15) is 33.6 Å². The molecule has 0 spiro atoms. The van der Waals surface area contributed by atoms with Crippen LogP contribution in [0.3, 0.4) is 0 Å². The van der Waals surface area contributed by atoms with E-state index >= 15 is 0 Å². The Kier molecular flexibility index (Phi) is 3.21. The molecule has 1 saturated heterocycles. The summed E-state index contributed by atoms with van der Waals surface area (Å²) in [6.07, 6.45) is 1.86. The minimum atomic E-state index is -0.112. The third-order valence-corrected chi connectivity index (χ3v) is 5.03. The number of methoxy groups -OCH3 is 1. The Labute approximate surface area is 103 Å². The highest BCUT2D eigenvalue weighted by Crippen LogP contribution is 2.51. The second kappa shape index (κ2) is 4.25. The molecule has 2 fully saturated rings. The van der Waals surface area contributed by atoms with Crippen LogP contribution in [-0.4, -0.2) is 37.7 Å². The SMILES string of the molecule is CO[C@]1(C)C[C@H](NC(=O)[C@H]2CCNC2)C1(C)C. The highest BCUT2D eigenvalue weighted by molar-refractivity contribution is 5.79. The molecule has 1 aliphatic carbocycles. The first-order valence-electron chi connectivity index (χ1n) is 6.47. The highest BCUT2D eigenvalue weighted by Gasteiger charge is 2.58. The average Bonchev–Trinajstić information content (AvgIpc) is 2.81. The van der Waals surface area contributed by atoms with Crippen LogP contribution in [0.2, 0.25) is 0 Å². The lowest BCUT2D eigenvalue weighted by molar-refractivity contribution is -0.183. The van der Waals surface area contributed by atoms with E-state index in [0.717, 1.165) is 25.9 Å². The van der Waals surface area contributed by atoms with Gasteiger partial charge in [0, 0.05) is 25.1 Å². The summed E-state index contributed by atoms with van der Waals surface area (Å²) < 4.78 is 5.56. The average molecular weight is 240 g/mol. The standard InChI is InChI=1S/C13H24N2O2/c1-12(2)10(7-13(12,3)17-4)15-11(16)9-5-6-14-8-9/h9-10,14H,5-8H2,1-4H3,(H,15,16)/t9-,10-,13+/m0/s1. The third-order valence-electron chi connectivity index (χ3n) is 5.03. The van der Waals surface area contributed by atoms with E-state index in [9.17, 15) is 4.79 Å². The molecule has 0 aromatic heterocycles. The van der Waals surface area contributed by atoms with E-state index in [1.54, 1.807) is 7.11 Å². The number of hydrogen-bond acceptors (Lipinski definition) is 3. The molecule has 1 saturated carbocycles. The summed E-state index contributed by atoms with van der Waals surface area (Å²) >= 11 is 0. The Balaban J connectivity index is 1.91. The number of carbonyl (C=O) groups excluding carboxylic acids is 1. The van der Waals surface area contributed by atoms with Gasteiger partial charge in [0.1, 0.15) is 0 Å². The van der Waals surface area contributed by atoms with Crippen molar-refractivity contribution in [2.75, 3.05) is 20.2 Å². The minimum absolute atomic E-state index is 0.00342. The summed E-state index contributed by atoms with van der Waals surface area (Å²) in [6.45, 7) is 8.23. The van der Waals surface area contributed by atoms with E-state index in [1.165, 1.54) is 0 Å². The van der Waals surface area contributed by atoms with Crippen molar-refractivity contribution >= 4 is 5.91 Å². The Bertz CT molecular complexity index is 311. The van der Waals surface area contributed by atoms with E-state index in [4.69, 9.17) is 4.74 Å². The molecule has 4 nitrogen and oxygen atoms in total. The molecule has 17 heavy (non-hydrogen) atoms. The topological polar surface area (TPSA) is 50.4 Å². The lowest BCUT2D eigenvalue weighted by Crippen LogP contribution is -2.69. The van der Waals surface area contributed by atoms with Crippen molar-refractivity contribution in [1.82, 2.24) is 10.6 Å². The summed E-state index contributed by atoms with van der Waals surface area (Å²) in [5.41, 5.74) is -0.109. The Morgan fingerprint density at radius 2 is 2.12 bits per heavy atom. The van der Waals surface area contributed by atoms with Gasteiger partial charge in [-0.1, -0.05) is 13.8 Å². The second-order valence-corrected chi connectivity index (χ2v) is 6.11. The quantitative estimate of drug-likeness (QED) is 0.771. The molecule has 2 rings (SSSR count). The van der Waals surface area contributed by atoms with Crippen LogP contribution in [0.4, 0.5) is 0 Å². The smallest absolute Gasteiger partial charge is 0.224 e. The van der Waals surface area contributed by atoms with Crippen molar-refractivity contribution in [2.24, 2.45) is 11.3 Å². The van der Waals surface area contributed by atoms with E-state index < -0.39 is 0 Å². The van der Waals surface area contributed by atoms with Gasteiger partial charge in [0.2, 0.25) is 5.91 Å². The molecule has 0 aromatic rings. The first kappa shape index (κ1) is 12.8. The van der Waals surface area contributed by atoms with Gasteiger partial charge in [-0.15, -0.1) is 0 Å². The number of hydrogen-bond donors (Lipinski definition) is 2. The van der Waals surface area contributed by atoms with Gasteiger partial charge in [0.25, 0.3) is 0 Å². The van der Waals surface area contributed by atoms with Gasteiger partial charge >= 0.3 is 0 Å². The number of ether oxygens (including phenoxy) is 1. The number of amides is 1. The summed E-state index contributed by atoms with van der Waals surface area (Å²) in [7, 11) is 1.75. The normalized spacial score (nSPS) is 39.8. The molecule has 3 atom stereocenters. The van der Waals surface area contributed by atoms with Crippen LogP contribution in [0.25, 0.3) is 0 Å². The fraction of sp³-hybridized carbons (Fsp3) is 0.923. The van der Waals surface area contributed by atoms with Crippen molar-refractivity contribution in [3.05, 3.63) is 0 Å². The van der Waals surface area contributed by atoms with E-state index in [0.29, 0.717) is 0 Å². The lowest BCUT2D eigenvalue weighted by atomic mass is 9.55. The van der Waals surface area contributed by atoms with Crippen LogP contribution >= 0.6 is 0 Å². The molecule has 0 radical (unpaired) electrons. The van der Waals surface area contributed by atoms with Crippen molar-refractivity contribution in [1.29, 1.82) is 0 Å². The molecule has 1 heterocycles. The van der Waals surface area contributed by atoms with Crippen molar-refractivity contribution in [3.63, 3.8) is 0 Å². The van der Waals surface area contributed by atoms with Crippen LogP contribution in [-0.2, 0) is 9.53 Å². The van der Waals surface area contributed by atoms with Gasteiger partial charge in [-0.2, -0.15) is 0 Å². The van der Waals surface area contributed by atoms with Gasteiger partial charge in [-0.05, 0) is 26.3 Å². The Morgan fingerprint density at radius 3 is 2.59 bits per heavy atom. The summed E-state index contributed by atoms with van der Waals surface area (Å²) in [5.74, 6) is 0.353. The summed E-state index contributed by atoms with van der Waals surface area (Å²) in [6, 6.07) is 0.237. The fourth-order valence-electron chi connectivity index (χ4n) is 2.89. The van der Waals surface area contributed by atoms with Gasteiger partial charge in [0.15, 0.2) is 0 Å². The van der Waals surface area contributed by atoms with Gasteiger partial charge < -0.3 is 15.4 Å². The molecule has 0 bridgehead atoms. The zero-order chi connectivity index (χ0) is 12.7. The number of carbonyl (C=O) groups is 1.